The number of hydrogen-bond donors (Lipinski definition) is 2. The second-order valence-electron chi connectivity index (χ2n) is 6.93. The van der Waals surface area contributed by atoms with E-state index < -0.39 is 26.2 Å². The van der Waals surface area contributed by atoms with E-state index in [1.54, 1.807) is 38.1 Å². The van der Waals surface area contributed by atoms with Gasteiger partial charge in [-0.25, -0.2) is 0 Å². The van der Waals surface area contributed by atoms with Crippen molar-refractivity contribution in [3.05, 3.63) is 29.8 Å². The Morgan fingerprint density at radius 2 is 1.68 bits per heavy atom. The average molecular weight is 409 g/mol. The van der Waals surface area contributed by atoms with E-state index in [2.05, 4.69) is 5.32 Å². The molecule has 1 aromatic rings. The Hall–Kier alpha value is -1.82. The maximum absolute atomic E-state index is 12.6. The van der Waals surface area contributed by atoms with Crippen LogP contribution in [-0.2, 0) is 18.6 Å². The predicted octanol–water partition coefficient (Wildman–Crippen LogP) is 4.29. The summed E-state index contributed by atoms with van der Waals surface area (Å²) in [5.41, 5.74) is 0.756. The minimum absolute atomic E-state index is 0.219. The first kappa shape index (κ1) is 22.5. The molecule has 28 heavy (non-hydrogen) atoms. The summed E-state index contributed by atoms with van der Waals surface area (Å²) in [5, 5.41) is 12.2. The summed E-state index contributed by atoms with van der Waals surface area (Å²) in [4.78, 5) is 36.6. The summed E-state index contributed by atoms with van der Waals surface area (Å²) in [7, 11) is -1.64. The molecular weight excluding hydrogens is 381 g/mol. The van der Waals surface area contributed by atoms with Crippen LogP contribution in [0.2, 0.25) is 0 Å². The molecule has 1 aliphatic carbocycles. The van der Waals surface area contributed by atoms with Crippen molar-refractivity contribution in [3.8, 4) is 0 Å². The van der Waals surface area contributed by atoms with E-state index in [0.29, 0.717) is 43.2 Å². The second kappa shape index (κ2) is 10.6. The van der Waals surface area contributed by atoms with Crippen LogP contribution in [0.3, 0.4) is 0 Å². The summed E-state index contributed by atoms with van der Waals surface area (Å²) >= 11 is 0. The van der Waals surface area contributed by atoms with Gasteiger partial charge in [0.05, 0.1) is 25.0 Å². The van der Waals surface area contributed by atoms with Gasteiger partial charge >= 0.3 is 5.97 Å². The molecule has 2 N–H and O–H groups in total. The van der Waals surface area contributed by atoms with Gasteiger partial charge in [0, 0.05) is 11.3 Å². The third-order valence-corrected chi connectivity index (χ3v) is 6.40. The fourth-order valence-corrected chi connectivity index (χ4v) is 4.53. The lowest BCUT2D eigenvalue weighted by molar-refractivity contribution is -0.148. The number of amides is 1. The third-order valence-electron chi connectivity index (χ3n) is 4.82. The van der Waals surface area contributed by atoms with Crippen molar-refractivity contribution in [1.29, 1.82) is 0 Å². The third kappa shape index (κ3) is 5.84. The predicted molar refractivity (Wildman–Crippen MR) is 107 cm³/mol. The first-order valence-corrected chi connectivity index (χ1v) is 10.8. The van der Waals surface area contributed by atoms with Gasteiger partial charge in [-0.15, -0.1) is 0 Å². The van der Waals surface area contributed by atoms with E-state index in [-0.39, 0.29) is 11.4 Å². The standard InChI is InChI=1S/C20H28NO6P/c1-4-26-28(27-5-2)20(25)14-7-9-15(10-8-14)21-18(22)16-11-6-13(3)12-17(16)19(23)24/h7-10,13,16-17H,4-6,11-12H2,1-3H3,(H,21,22)(H,23,24). The minimum atomic E-state index is -1.64. The van der Waals surface area contributed by atoms with Crippen LogP contribution >= 0.6 is 8.38 Å². The molecule has 0 radical (unpaired) electrons. The lowest BCUT2D eigenvalue weighted by Crippen LogP contribution is -2.38. The van der Waals surface area contributed by atoms with Gasteiger partial charge in [-0.05, 0) is 63.3 Å². The number of nitrogens with one attached hydrogen (secondary N) is 1. The monoisotopic (exact) mass is 409 g/mol. The van der Waals surface area contributed by atoms with Crippen molar-refractivity contribution in [2.45, 2.75) is 40.0 Å². The molecule has 1 fully saturated rings. The topological polar surface area (TPSA) is 102 Å². The lowest BCUT2D eigenvalue weighted by Gasteiger charge is -2.31. The van der Waals surface area contributed by atoms with E-state index in [1.165, 1.54) is 0 Å². The zero-order valence-corrected chi connectivity index (χ0v) is 17.4. The summed E-state index contributed by atoms with van der Waals surface area (Å²) in [6, 6.07) is 6.50. The summed E-state index contributed by atoms with van der Waals surface area (Å²) < 4.78 is 10.8. The molecule has 0 saturated heterocycles. The molecule has 0 heterocycles. The molecule has 7 nitrogen and oxygen atoms in total. The molecule has 1 aliphatic rings. The van der Waals surface area contributed by atoms with Crippen molar-refractivity contribution in [2.24, 2.45) is 17.8 Å². The molecule has 0 bridgehead atoms. The molecule has 3 atom stereocenters. The van der Waals surface area contributed by atoms with Crippen LogP contribution in [-0.4, -0.2) is 35.7 Å². The van der Waals surface area contributed by atoms with Gasteiger partial charge in [-0.1, -0.05) is 6.92 Å². The Balaban J connectivity index is 2.04. The zero-order chi connectivity index (χ0) is 20.7. The van der Waals surface area contributed by atoms with Crippen LogP contribution in [0.15, 0.2) is 24.3 Å². The number of carbonyl (C=O) groups excluding carboxylic acids is 2. The summed E-state index contributed by atoms with van der Waals surface area (Å²) in [6.07, 6.45) is 1.92. The molecule has 1 saturated carbocycles. The molecule has 2 rings (SSSR count). The molecule has 3 unspecified atom stereocenters. The molecule has 154 valence electrons. The van der Waals surface area contributed by atoms with Crippen LogP contribution in [0.4, 0.5) is 5.69 Å². The average Bonchev–Trinajstić information content (AvgIpc) is 2.67. The molecular formula is C20H28NO6P. The fraction of sp³-hybridized carbons (Fsp3) is 0.550. The van der Waals surface area contributed by atoms with Gasteiger partial charge in [-0.3, -0.25) is 14.4 Å². The smallest absolute Gasteiger partial charge is 0.307 e. The number of aliphatic carboxylic acids is 1. The van der Waals surface area contributed by atoms with E-state index in [1.807, 2.05) is 6.92 Å². The van der Waals surface area contributed by atoms with Crippen molar-refractivity contribution < 1.29 is 28.5 Å². The second-order valence-corrected chi connectivity index (χ2v) is 8.37. The van der Waals surface area contributed by atoms with E-state index in [9.17, 15) is 19.5 Å². The normalized spacial score (nSPS) is 22.1. The van der Waals surface area contributed by atoms with Gasteiger partial charge in [0.1, 0.15) is 0 Å². The highest BCUT2D eigenvalue weighted by molar-refractivity contribution is 7.66. The first-order chi connectivity index (χ1) is 13.4. The maximum atomic E-state index is 12.6. The Labute approximate surface area is 166 Å². The van der Waals surface area contributed by atoms with Gasteiger partial charge in [-0.2, -0.15) is 0 Å². The SMILES string of the molecule is CCOP(OCC)C(=O)c1ccc(NC(=O)C2CCC(C)CC2C(=O)O)cc1. The fourth-order valence-electron chi connectivity index (χ4n) is 3.39. The van der Waals surface area contributed by atoms with Crippen LogP contribution in [0.1, 0.15) is 50.4 Å². The highest BCUT2D eigenvalue weighted by atomic mass is 31.2. The Morgan fingerprint density at radius 1 is 1.07 bits per heavy atom. The van der Waals surface area contributed by atoms with Crippen molar-refractivity contribution in [2.75, 3.05) is 18.5 Å². The molecule has 1 amide bonds. The summed E-state index contributed by atoms with van der Waals surface area (Å²) in [5.74, 6) is -2.11. The van der Waals surface area contributed by atoms with Crippen molar-refractivity contribution >= 4 is 31.5 Å². The molecule has 1 aromatic carbocycles. The Bertz CT molecular complexity index is 686. The van der Waals surface area contributed by atoms with Gasteiger partial charge in [0.15, 0.2) is 0 Å². The molecule has 0 spiro atoms. The number of carboxylic acids is 1. The number of rotatable bonds is 9. The Kier molecular flexibility index (Phi) is 8.55. The largest absolute Gasteiger partial charge is 0.481 e. The highest BCUT2D eigenvalue weighted by Crippen LogP contribution is 2.42. The quantitative estimate of drug-likeness (QED) is 0.590. The van der Waals surface area contributed by atoms with Gasteiger partial charge in [0.25, 0.3) is 0 Å². The van der Waals surface area contributed by atoms with Crippen LogP contribution in [0, 0.1) is 17.8 Å². The maximum Gasteiger partial charge on any atom is 0.307 e. The number of carbonyl (C=O) groups is 3. The van der Waals surface area contributed by atoms with Gasteiger partial charge < -0.3 is 19.5 Å². The van der Waals surface area contributed by atoms with Crippen LogP contribution < -0.4 is 5.32 Å². The van der Waals surface area contributed by atoms with Crippen molar-refractivity contribution in [3.63, 3.8) is 0 Å². The minimum Gasteiger partial charge on any atom is -0.481 e. The Morgan fingerprint density at radius 3 is 2.21 bits per heavy atom. The van der Waals surface area contributed by atoms with Crippen LogP contribution in [0.25, 0.3) is 0 Å². The number of hydrogen-bond acceptors (Lipinski definition) is 5. The lowest BCUT2D eigenvalue weighted by atomic mass is 9.74. The van der Waals surface area contributed by atoms with E-state index >= 15 is 0 Å². The zero-order valence-electron chi connectivity index (χ0n) is 16.5. The van der Waals surface area contributed by atoms with Gasteiger partial charge in [0.2, 0.25) is 19.8 Å². The molecule has 0 aromatic heterocycles. The van der Waals surface area contributed by atoms with E-state index in [0.717, 1.165) is 6.42 Å². The number of benzene rings is 1. The van der Waals surface area contributed by atoms with E-state index in [4.69, 9.17) is 9.05 Å². The molecule has 0 aliphatic heterocycles. The van der Waals surface area contributed by atoms with Crippen molar-refractivity contribution in [1.82, 2.24) is 0 Å². The summed E-state index contributed by atoms with van der Waals surface area (Å²) in [6.45, 7) is 6.39. The highest BCUT2D eigenvalue weighted by Gasteiger charge is 2.38. The molecule has 8 heteroatoms. The first-order valence-electron chi connectivity index (χ1n) is 9.61. The number of carboxylic acid groups (broad SMARTS) is 1. The number of anilines is 1. The van der Waals surface area contributed by atoms with Crippen LogP contribution in [0.5, 0.6) is 0 Å².